The molecule has 1 aliphatic heterocycles. The van der Waals surface area contributed by atoms with E-state index in [1.54, 1.807) is 11.8 Å². The van der Waals surface area contributed by atoms with E-state index in [0.29, 0.717) is 12.5 Å². The van der Waals surface area contributed by atoms with Gasteiger partial charge in [0.25, 0.3) is 0 Å². The second kappa shape index (κ2) is 8.24. The number of nitrogens with zero attached hydrogens (tertiary/aromatic N) is 3. The molecule has 0 radical (unpaired) electrons. The molecule has 0 spiro atoms. The first-order valence-corrected chi connectivity index (χ1v) is 12.7. The molecule has 2 aliphatic rings. The fraction of sp³-hybridized carbons (Fsp3) is 0.276. The molecule has 4 nitrogen and oxygen atoms in total. The average molecular weight is 466 g/mol. The van der Waals surface area contributed by atoms with Crippen LogP contribution >= 0.6 is 11.8 Å². The highest BCUT2D eigenvalue weighted by atomic mass is 32.2. The van der Waals surface area contributed by atoms with E-state index in [4.69, 9.17) is 9.97 Å². The first-order chi connectivity index (χ1) is 16.5. The van der Waals surface area contributed by atoms with E-state index in [9.17, 15) is 4.79 Å². The Kier molecular flexibility index (Phi) is 5.18. The van der Waals surface area contributed by atoms with Crippen LogP contribution in [0.1, 0.15) is 37.3 Å². The normalized spacial score (nSPS) is 21.9. The molecule has 0 N–H and O–H groups in total. The van der Waals surface area contributed by atoms with Crippen LogP contribution in [0.2, 0.25) is 0 Å². The van der Waals surface area contributed by atoms with Crippen molar-refractivity contribution in [3.8, 4) is 11.4 Å². The number of aryl methyl sites for hydroxylation is 1. The standard InChI is InChI=1S/C29H27N3OS/c1-29-17-16-26(33)32(2)25(29)15-12-20-18-21(13-14-23(20)29)34-28-22-10-6-7-11-24(22)30-27(31-28)19-8-4-3-5-9-19/h3-11,13-14,18,25H,12,15-17H2,1-2H3/t25-,29-/m1/s1. The van der Waals surface area contributed by atoms with Gasteiger partial charge in [0.1, 0.15) is 5.03 Å². The molecule has 1 amide bonds. The number of carbonyl (C=O) groups excluding carboxylic acids is 1. The highest BCUT2D eigenvalue weighted by Crippen LogP contribution is 2.46. The van der Waals surface area contributed by atoms with Gasteiger partial charge in [0.2, 0.25) is 5.91 Å². The second-order valence-corrected chi connectivity index (χ2v) is 10.7. The number of amides is 1. The Hall–Kier alpha value is -3.18. The van der Waals surface area contributed by atoms with Crippen molar-refractivity contribution >= 4 is 28.6 Å². The van der Waals surface area contributed by atoms with Crippen LogP contribution in [-0.2, 0) is 16.6 Å². The third kappa shape index (κ3) is 3.50. The average Bonchev–Trinajstić information content (AvgIpc) is 2.87. The summed E-state index contributed by atoms with van der Waals surface area (Å²) in [5.41, 5.74) is 4.83. The number of para-hydroxylation sites is 1. The highest BCUT2D eigenvalue weighted by molar-refractivity contribution is 7.99. The van der Waals surface area contributed by atoms with Crippen LogP contribution in [0.15, 0.2) is 82.7 Å². The number of fused-ring (bicyclic) bond motifs is 4. The number of likely N-dealkylation sites (tertiary alicyclic amines) is 1. The lowest BCUT2D eigenvalue weighted by molar-refractivity contribution is -0.138. The number of hydrogen-bond acceptors (Lipinski definition) is 4. The van der Waals surface area contributed by atoms with Crippen molar-refractivity contribution < 1.29 is 4.79 Å². The SMILES string of the molecule is CN1C(=O)CC[C@]2(C)c3ccc(Sc4nc(-c5ccccc5)nc5ccccc45)cc3CC[C@@H]12. The molecule has 5 heteroatoms. The molecule has 3 aromatic carbocycles. The minimum atomic E-state index is 0.0293. The number of carbonyl (C=O) groups is 1. The van der Waals surface area contributed by atoms with Crippen molar-refractivity contribution in [1.82, 2.24) is 14.9 Å². The monoisotopic (exact) mass is 465 g/mol. The van der Waals surface area contributed by atoms with Crippen molar-refractivity contribution in [3.63, 3.8) is 0 Å². The van der Waals surface area contributed by atoms with E-state index in [2.05, 4.69) is 49.4 Å². The lowest BCUT2D eigenvalue weighted by Crippen LogP contribution is -2.56. The fourth-order valence-corrected chi connectivity index (χ4v) is 6.76. The summed E-state index contributed by atoms with van der Waals surface area (Å²) in [5.74, 6) is 1.04. The minimum absolute atomic E-state index is 0.0293. The summed E-state index contributed by atoms with van der Waals surface area (Å²) in [4.78, 5) is 25.3. The zero-order chi connectivity index (χ0) is 23.3. The number of rotatable bonds is 3. The number of aromatic nitrogens is 2. The Balaban J connectivity index is 1.38. The van der Waals surface area contributed by atoms with Crippen LogP contribution in [0.4, 0.5) is 0 Å². The zero-order valence-electron chi connectivity index (χ0n) is 19.5. The third-order valence-electron chi connectivity index (χ3n) is 7.65. The van der Waals surface area contributed by atoms with Gasteiger partial charge in [0.15, 0.2) is 5.82 Å². The molecule has 6 rings (SSSR count). The highest BCUT2D eigenvalue weighted by Gasteiger charge is 2.46. The molecule has 2 atom stereocenters. The predicted octanol–water partition coefficient (Wildman–Crippen LogP) is 6.27. The zero-order valence-corrected chi connectivity index (χ0v) is 20.3. The second-order valence-electron chi connectivity index (χ2n) is 9.63. The lowest BCUT2D eigenvalue weighted by Gasteiger charge is -2.50. The van der Waals surface area contributed by atoms with Crippen LogP contribution in [0.5, 0.6) is 0 Å². The summed E-state index contributed by atoms with van der Waals surface area (Å²) >= 11 is 1.71. The van der Waals surface area contributed by atoms with Gasteiger partial charge in [0, 0.05) is 40.8 Å². The van der Waals surface area contributed by atoms with Crippen LogP contribution < -0.4 is 0 Å². The molecule has 1 aliphatic carbocycles. The molecule has 0 bridgehead atoms. The van der Waals surface area contributed by atoms with Crippen molar-refractivity contribution in [1.29, 1.82) is 0 Å². The maximum atomic E-state index is 12.3. The van der Waals surface area contributed by atoms with Crippen molar-refractivity contribution in [2.75, 3.05) is 7.05 Å². The molecular weight excluding hydrogens is 438 g/mol. The summed E-state index contributed by atoms with van der Waals surface area (Å²) in [6.07, 6.45) is 3.59. The largest absolute Gasteiger partial charge is 0.342 e. The topological polar surface area (TPSA) is 46.1 Å². The van der Waals surface area contributed by atoms with Gasteiger partial charge in [-0.1, -0.05) is 73.3 Å². The van der Waals surface area contributed by atoms with Crippen LogP contribution in [0.25, 0.3) is 22.3 Å². The molecule has 2 heterocycles. The molecule has 34 heavy (non-hydrogen) atoms. The van der Waals surface area contributed by atoms with E-state index < -0.39 is 0 Å². The van der Waals surface area contributed by atoms with Crippen molar-refractivity contribution in [2.45, 2.75) is 54.0 Å². The van der Waals surface area contributed by atoms with E-state index >= 15 is 0 Å². The molecule has 0 unspecified atom stereocenters. The van der Waals surface area contributed by atoms with Gasteiger partial charge >= 0.3 is 0 Å². The molecule has 1 aromatic heterocycles. The number of benzene rings is 3. The van der Waals surface area contributed by atoms with E-state index in [1.807, 2.05) is 42.3 Å². The Morgan fingerprint density at radius 1 is 0.971 bits per heavy atom. The van der Waals surface area contributed by atoms with Crippen LogP contribution in [0, 0.1) is 0 Å². The summed E-state index contributed by atoms with van der Waals surface area (Å²) in [7, 11) is 1.98. The molecule has 170 valence electrons. The van der Waals surface area contributed by atoms with E-state index in [-0.39, 0.29) is 11.3 Å². The molecule has 1 saturated heterocycles. The molecule has 0 saturated carbocycles. The first kappa shape index (κ1) is 21.4. The Morgan fingerprint density at radius 3 is 2.62 bits per heavy atom. The Morgan fingerprint density at radius 2 is 1.76 bits per heavy atom. The number of hydrogen-bond donors (Lipinski definition) is 0. The van der Waals surface area contributed by atoms with Gasteiger partial charge in [0.05, 0.1) is 5.52 Å². The summed E-state index contributed by atoms with van der Waals surface area (Å²) in [6.45, 7) is 2.34. The van der Waals surface area contributed by atoms with Gasteiger partial charge in [-0.3, -0.25) is 4.79 Å². The molecule has 1 fully saturated rings. The van der Waals surface area contributed by atoms with Crippen LogP contribution in [0.3, 0.4) is 0 Å². The van der Waals surface area contributed by atoms with Gasteiger partial charge in [-0.25, -0.2) is 9.97 Å². The lowest BCUT2D eigenvalue weighted by atomic mass is 9.63. The maximum Gasteiger partial charge on any atom is 0.222 e. The van der Waals surface area contributed by atoms with Gasteiger partial charge in [-0.05, 0) is 48.6 Å². The predicted molar refractivity (Wildman–Crippen MR) is 137 cm³/mol. The molecular formula is C29H27N3OS. The van der Waals surface area contributed by atoms with Gasteiger partial charge in [-0.2, -0.15) is 0 Å². The maximum absolute atomic E-state index is 12.3. The Bertz CT molecular complexity index is 1400. The number of piperidine rings is 1. The fourth-order valence-electron chi connectivity index (χ4n) is 5.78. The van der Waals surface area contributed by atoms with Gasteiger partial charge in [-0.15, -0.1) is 0 Å². The minimum Gasteiger partial charge on any atom is -0.342 e. The Labute approximate surface area is 204 Å². The van der Waals surface area contributed by atoms with Crippen molar-refractivity contribution in [3.05, 3.63) is 83.9 Å². The smallest absolute Gasteiger partial charge is 0.222 e. The van der Waals surface area contributed by atoms with Crippen LogP contribution in [-0.4, -0.2) is 33.9 Å². The summed E-state index contributed by atoms with van der Waals surface area (Å²) in [5, 5.41) is 2.05. The third-order valence-corrected chi connectivity index (χ3v) is 8.64. The van der Waals surface area contributed by atoms with E-state index in [0.717, 1.165) is 46.6 Å². The van der Waals surface area contributed by atoms with Gasteiger partial charge < -0.3 is 4.90 Å². The number of likely N-dealkylation sites (N-methyl/N-ethyl adjacent to an activating group) is 1. The summed E-state index contributed by atoms with van der Waals surface area (Å²) in [6, 6.07) is 25.6. The molecule has 4 aromatic rings. The summed E-state index contributed by atoms with van der Waals surface area (Å²) < 4.78 is 0. The quantitative estimate of drug-likeness (QED) is 0.334. The first-order valence-electron chi connectivity index (χ1n) is 11.9. The van der Waals surface area contributed by atoms with E-state index in [1.165, 1.54) is 16.0 Å². The van der Waals surface area contributed by atoms with Crippen molar-refractivity contribution in [2.24, 2.45) is 0 Å².